The Morgan fingerprint density at radius 3 is 2.89 bits per heavy atom. The highest BCUT2D eigenvalue weighted by molar-refractivity contribution is 9.10. The molecule has 2 aliphatic rings. The van der Waals surface area contributed by atoms with E-state index in [0.29, 0.717) is 12.5 Å². The zero-order chi connectivity index (χ0) is 12.7. The lowest BCUT2D eigenvalue weighted by molar-refractivity contribution is 0.332. The summed E-state index contributed by atoms with van der Waals surface area (Å²) in [6, 6.07) is 4.95. The molecule has 0 spiro atoms. The minimum Gasteiger partial charge on any atom is -0.370 e. The fraction of sp³-hybridized carbons (Fsp3) is 0.462. The Labute approximate surface area is 114 Å². The van der Waals surface area contributed by atoms with Gasteiger partial charge in [0.2, 0.25) is 0 Å². The Bertz CT molecular complexity index is 499. The minimum atomic E-state index is -0.230. The van der Waals surface area contributed by atoms with Crippen molar-refractivity contribution in [1.29, 1.82) is 0 Å². The lowest BCUT2D eigenvalue weighted by atomic mass is 10.1. The van der Waals surface area contributed by atoms with E-state index < -0.39 is 0 Å². The van der Waals surface area contributed by atoms with Crippen molar-refractivity contribution in [2.24, 2.45) is 16.6 Å². The first-order valence-electron chi connectivity index (χ1n) is 6.16. The fourth-order valence-electron chi connectivity index (χ4n) is 2.37. The van der Waals surface area contributed by atoms with Crippen LogP contribution in [-0.2, 0) is 0 Å². The van der Waals surface area contributed by atoms with E-state index in [1.54, 1.807) is 0 Å². The van der Waals surface area contributed by atoms with Crippen molar-refractivity contribution in [3.63, 3.8) is 0 Å². The minimum absolute atomic E-state index is 0.139. The van der Waals surface area contributed by atoms with E-state index in [4.69, 9.17) is 5.73 Å². The first-order valence-corrected chi connectivity index (χ1v) is 6.96. The number of aliphatic imine (C=N–C) groups is 1. The summed E-state index contributed by atoms with van der Waals surface area (Å²) in [4.78, 5) is 6.47. The first kappa shape index (κ1) is 12.0. The Hall–Kier alpha value is -1.10. The van der Waals surface area contributed by atoms with Gasteiger partial charge in [-0.1, -0.05) is 22.0 Å². The molecule has 5 heteroatoms. The van der Waals surface area contributed by atoms with Gasteiger partial charge in [-0.25, -0.2) is 4.39 Å². The summed E-state index contributed by atoms with van der Waals surface area (Å²) in [6.07, 6.45) is 2.56. The molecule has 1 unspecified atom stereocenters. The number of benzene rings is 1. The summed E-state index contributed by atoms with van der Waals surface area (Å²) in [5.41, 5.74) is 7.01. The van der Waals surface area contributed by atoms with E-state index in [-0.39, 0.29) is 11.9 Å². The van der Waals surface area contributed by atoms with Crippen LogP contribution in [0.3, 0.4) is 0 Å². The van der Waals surface area contributed by atoms with Gasteiger partial charge >= 0.3 is 0 Å². The average molecular weight is 312 g/mol. The zero-order valence-corrected chi connectivity index (χ0v) is 11.5. The number of nitrogens with zero attached hydrogens (tertiary/aromatic N) is 2. The maximum atomic E-state index is 13.1. The second kappa shape index (κ2) is 4.53. The van der Waals surface area contributed by atoms with Gasteiger partial charge in [-0.05, 0) is 36.5 Å². The molecule has 0 amide bonds. The molecule has 0 bridgehead atoms. The summed E-state index contributed by atoms with van der Waals surface area (Å²) in [6.45, 7) is 1.62. The third-order valence-corrected chi connectivity index (χ3v) is 4.26. The van der Waals surface area contributed by atoms with Crippen molar-refractivity contribution < 1.29 is 4.39 Å². The van der Waals surface area contributed by atoms with Crippen molar-refractivity contribution in [2.75, 3.05) is 13.1 Å². The summed E-state index contributed by atoms with van der Waals surface area (Å²) < 4.78 is 13.9. The quantitative estimate of drug-likeness (QED) is 0.932. The molecule has 1 aliphatic heterocycles. The summed E-state index contributed by atoms with van der Waals surface area (Å²) in [5, 5.41) is 0. The van der Waals surface area contributed by atoms with E-state index in [1.807, 2.05) is 6.07 Å². The lowest BCUT2D eigenvalue weighted by Gasteiger charge is -2.27. The molecule has 18 heavy (non-hydrogen) atoms. The second-order valence-corrected chi connectivity index (χ2v) is 5.83. The Morgan fingerprint density at radius 1 is 1.44 bits per heavy atom. The molecule has 1 aliphatic carbocycles. The van der Waals surface area contributed by atoms with Crippen LogP contribution in [0.5, 0.6) is 0 Å². The van der Waals surface area contributed by atoms with Crippen LogP contribution in [0.4, 0.5) is 4.39 Å². The van der Waals surface area contributed by atoms with Crippen LogP contribution in [-0.4, -0.2) is 23.9 Å². The van der Waals surface area contributed by atoms with E-state index in [2.05, 4.69) is 25.8 Å². The van der Waals surface area contributed by atoms with Crippen molar-refractivity contribution in [3.8, 4) is 0 Å². The average Bonchev–Trinajstić information content (AvgIpc) is 3.06. The molecule has 3 rings (SSSR count). The van der Waals surface area contributed by atoms with Gasteiger partial charge in [0.15, 0.2) is 5.96 Å². The first-order chi connectivity index (χ1) is 8.65. The van der Waals surface area contributed by atoms with Crippen molar-refractivity contribution in [2.45, 2.75) is 18.9 Å². The largest absolute Gasteiger partial charge is 0.370 e. The second-order valence-electron chi connectivity index (χ2n) is 4.98. The Balaban J connectivity index is 1.85. The van der Waals surface area contributed by atoms with Gasteiger partial charge < -0.3 is 10.6 Å². The smallest absolute Gasteiger partial charge is 0.191 e. The molecule has 1 aromatic carbocycles. The molecule has 1 atom stereocenters. The standard InChI is InChI=1S/C13H15BrFN3/c14-11-5-9(15)3-4-10(11)12-6-17-13(16)18(12)7-8-1-2-8/h3-5,8,12H,1-2,6-7H2,(H2,16,17). The lowest BCUT2D eigenvalue weighted by Crippen LogP contribution is -2.37. The zero-order valence-electron chi connectivity index (χ0n) is 9.94. The molecule has 1 saturated carbocycles. The Morgan fingerprint density at radius 2 is 2.22 bits per heavy atom. The highest BCUT2D eigenvalue weighted by Crippen LogP contribution is 2.36. The third kappa shape index (κ3) is 2.23. The van der Waals surface area contributed by atoms with Gasteiger partial charge in [0.1, 0.15) is 5.82 Å². The van der Waals surface area contributed by atoms with Gasteiger partial charge in [0, 0.05) is 11.0 Å². The maximum Gasteiger partial charge on any atom is 0.191 e. The normalized spacial score (nSPS) is 23.3. The fourth-order valence-corrected chi connectivity index (χ4v) is 2.98. The van der Waals surface area contributed by atoms with Gasteiger partial charge in [-0.15, -0.1) is 0 Å². The molecular formula is C13H15BrFN3. The predicted molar refractivity (Wildman–Crippen MR) is 72.8 cm³/mol. The van der Waals surface area contributed by atoms with E-state index in [9.17, 15) is 4.39 Å². The third-order valence-electron chi connectivity index (χ3n) is 3.57. The molecule has 1 aromatic rings. The summed E-state index contributed by atoms with van der Waals surface area (Å²) >= 11 is 3.43. The van der Waals surface area contributed by atoms with Crippen LogP contribution in [0.1, 0.15) is 24.4 Å². The molecule has 0 saturated heterocycles. The van der Waals surface area contributed by atoms with E-state index in [0.717, 1.165) is 22.5 Å². The number of hydrogen-bond acceptors (Lipinski definition) is 3. The highest BCUT2D eigenvalue weighted by atomic mass is 79.9. The van der Waals surface area contributed by atoms with Crippen LogP contribution >= 0.6 is 15.9 Å². The van der Waals surface area contributed by atoms with Gasteiger partial charge in [-0.3, -0.25) is 4.99 Å². The highest BCUT2D eigenvalue weighted by Gasteiger charge is 2.33. The molecule has 96 valence electrons. The van der Waals surface area contributed by atoms with Crippen LogP contribution in [0.25, 0.3) is 0 Å². The van der Waals surface area contributed by atoms with Crippen molar-refractivity contribution in [3.05, 3.63) is 34.1 Å². The molecule has 2 N–H and O–H groups in total. The number of guanidine groups is 1. The van der Waals surface area contributed by atoms with E-state index >= 15 is 0 Å². The molecule has 1 fully saturated rings. The van der Waals surface area contributed by atoms with Crippen LogP contribution in [0.15, 0.2) is 27.7 Å². The topological polar surface area (TPSA) is 41.6 Å². The van der Waals surface area contributed by atoms with Gasteiger partial charge in [-0.2, -0.15) is 0 Å². The van der Waals surface area contributed by atoms with Crippen molar-refractivity contribution in [1.82, 2.24) is 4.90 Å². The molecule has 0 aromatic heterocycles. The van der Waals surface area contributed by atoms with Crippen molar-refractivity contribution >= 4 is 21.9 Å². The van der Waals surface area contributed by atoms with Crippen LogP contribution in [0, 0.1) is 11.7 Å². The number of rotatable bonds is 3. The monoisotopic (exact) mass is 311 g/mol. The number of hydrogen-bond donors (Lipinski definition) is 1. The predicted octanol–water partition coefficient (Wildman–Crippen LogP) is 2.67. The summed E-state index contributed by atoms with van der Waals surface area (Å²) in [5.74, 6) is 1.13. The van der Waals surface area contributed by atoms with Gasteiger partial charge in [0.05, 0.1) is 12.6 Å². The SMILES string of the molecule is NC1=NCC(c2ccc(F)cc2Br)N1CC1CC1. The molecular weight excluding hydrogens is 297 g/mol. The maximum absolute atomic E-state index is 13.1. The van der Waals surface area contributed by atoms with Crippen LogP contribution in [0.2, 0.25) is 0 Å². The number of halogens is 2. The molecule has 1 heterocycles. The van der Waals surface area contributed by atoms with Gasteiger partial charge in [0.25, 0.3) is 0 Å². The summed E-state index contributed by atoms with van der Waals surface area (Å²) in [7, 11) is 0. The molecule has 3 nitrogen and oxygen atoms in total. The number of nitrogens with two attached hydrogens (primary N) is 1. The Kier molecular flexibility index (Phi) is 3.01. The van der Waals surface area contributed by atoms with Crippen LogP contribution < -0.4 is 5.73 Å². The van der Waals surface area contributed by atoms with E-state index in [1.165, 1.54) is 25.0 Å². The molecule has 0 radical (unpaired) electrons.